The second kappa shape index (κ2) is 5.11. The lowest BCUT2D eigenvalue weighted by Gasteiger charge is -2.27. The molecule has 86 valence electrons. The number of hydrogen-bond donors (Lipinski definition) is 1. The Morgan fingerprint density at radius 1 is 1.12 bits per heavy atom. The Morgan fingerprint density at radius 2 is 1.62 bits per heavy atom. The Bertz CT molecular complexity index is 346. The van der Waals surface area contributed by atoms with Crippen molar-refractivity contribution in [3.63, 3.8) is 0 Å². The molecule has 0 aliphatic carbocycles. The summed E-state index contributed by atoms with van der Waals surface area (Å²) in [7, 11) is 0. The highest BCUT2D eigenvalue weighted by atomic mass is 16.9. The van der Waals surface area contributed by atoms with Gasteiger partial charge >= 0.3 is 5.97 Å². The predicted octanol–water partition coefficient (Wildman–Crippen LogP) is 2.76. The highest BCUT2D eigenvalue weighted by Crippen LogP contribution is 2.23. The van der Waals surface area contributed by atoms with E-state index in [4.69, 9.17) is 19.3 Å². The summed E-state index contributed by atoms with van der Waals surface area (Å²) >= 11 is 0. The fourth-order valence-corrected chi connectivity index (χ4v) is 1.11. The molecule has 0 aliphatic rings. The van der Waals surface area contributed by atoms with Gasteiger partial charge in [0.2, 0.25) is 0 Å². The van der Waals surface area contributed by atoms with Crippen molar-refractivity contribution in [2.24, 2.45) is 0 Å². The van der Waals surface area contributed by atoms with Crippen LogP contribution in [0, 0.1) is 0 Å². The van der Waals surface area contributed by atoms with Crippen molar-refractivity contribution in [2.75, 3.05) is 0 Å². The van der Waals surface area contributed by atoms with E-state index >= 15 is 0 Å². The molecule has 0 aromatic heterocycles. The lowest BCUT2D eigenvalue weighted by Crippen LogP contribution is -2.35. The van der Waals surface area contributed by atoms with E-state index < -0.39 is 5.97 Å². The van der Waals surface area contributed by atoms with E-state index in [1.165, 1.54) is 24.7 Å². The van der Waals surface area contributed by atoms with Gasteiger partial charge in [-0.2, -0.15) is 0 Å². The average molecular weight is 222 g/mol. The van der Waals surface area contributed by atoms with Crippen molar-refractivity contribution in [3.05, 3.63) is 49.9 Å². The van der Waals surface area contributed by atoms with Crippen LogP contribution in [0.5, 0.6) is 11.5 Å². The minimum atomic E-state index is -1.32. The van der Waals surface area contributed by atoms with E-state index in [0.717, 1.165) is 0 Å². The first kappa shape index (κ1) is 12.0. The largest absolute Gasteiger partial charge is 0.508 e. The van der Waals surface area contributed by atoms with E-state index in [0.29, 0.717) is 5.75 Å². The fourth-order valence-electron chi connectivity index (χ4n) is 1.11. The molecule has 4 heteroatoms. The van der Waals surface area contributed by atoms with Crippen LogP contribution in [0.2, 0.25) is 0 Å². The van der Waals surface area contributed by atoms with Crippen molar-refractivity contribution < 1.29 is 19.3 Å². The van der Waals surface area contributed by atoms with Gasteiger partial charge in [0.05, 0.1) is 19.4 Å². The normalized spacial score (nSPS) is 10.3. The Labute approximate surface area is 94.4 Å². The zero-order valence-electron chi connectivity index (χ0n) is 9.05. The van der Waals surface area contributed by atoms with Crippen molar-refractivity contribution >= 4 is 0 Å². The van der Waals surface area contributed by atoms with Crippen molar-refractivity contribution in [2.45, 2.75) is 12.9 Å². The van der Waals surface area contributed by atoms with Gasteiger partial charge in [0.1, 0.15) is 11.5 Å². The maximum Gasteiger partial charge on any atom is 0.412 e. The topological polar surface area (TPSA) is 47.9 Å². The van der Waals surface area contributed by atoms with Crippen molar-refractivity contribution in [1.82, 2.24) is 0 Å². The van der Waals surface area contributed by atoms with Crippen LogP contribution in [0.15, 0.2) is 49.9 Å². The lowest BCUT2D eigenvalue weighted by atomic mass is 10.3. The molecule has 0 saturated heterocycles. The molecule has 0 unspecified atom stereocenters. The summed E-state index contributed by atoms with van der Waals surface area (Å²) in [6.07, 6.45) is 2.42. The molecule has 0 atom stereocenters. The van der Waals surface area contributed by atoms with Crippen LogP contribution in [0.4, 0.5) is 0 Å². The van der Waals surface area contributed by atoms with Crippen LogP contribution >= 0.6 is 0 Å². The minimum absolute atomic E-state index is 0.156. The molecule has 0 bridgehead atoms. The van der Waals surface area contributed by atoms with Gasteiger partial charge in [-0.25, -0.2) is 0 Å². The summed E-state index contributed by atoms with van der Waals surface area (Å²) in [5.41, 5.74) is 0. The van der Waals surface area contributed by atoms with Gasteiger partial charge in [-0.3, -0.25) is 0 Å². The molecule has 0 radical (unpaired) electrons. The summed E-state index contributed by atoms with van der Waals surface area (Å²) in [6.45, 7) is 8.43. The Morgan fingerprint density at radius 3 is 2.06 bits per heavy atom. The first-order chi connectivity index (χ1) is 7.59. The molecule has 0 fully saturated rings. The second-order valence-electron chi connectivity index (χ2n) is 3.03. The van der Waals surface area contributed by atoms with Gasteiger partial charge < -0.3 is 19.3 Å². The molecule has 0 heterocycles. The van der Waals surface area contributed by atoms with Gasteiger partial charge in [-0.1, -0.05) is 13.2 Å². The van der Waals surface area contributed by atoms with Crippen LogP contribution in [-0.4, -0.2) is 11.1 Å². The molecular weight excluding hydrogens is 208 g/mol. The van der Waals surface area contributed by atoms with Gasteiger partial charge in [-0.15, -0.1) is 0 Å². The van der Waals surface area contributed by atoms with Gasteiger partial charge in [-0.05, 0) is 24.3 Å². The number of phenolic OH excluding ortho intramolecular Hbond substituents is 1. The summed E-state index contributed by atoms with van der Waals surface area (Å²) in [6, 6.07) is 6.17. The molecule has 1 aromatic carbocycles. The first-order valence-electron chi connectivity index (χ1n) is 4.65. The van der Waals surface area contributed by atoms with Crippen LogP contribution in [0.1, 0.15) is 6.92 Å². The van der Waals surface area contributed by atoms with Crippen LogP contribution in [0.3, 0.4) is 0 Å². The monoisotopic (exact) mass is 222 g/mol. The van der Waals surface area contributed by atoms with E-state index in [1.807, 2.05) is 0 Å². The molecular formula is C12H14O4. The summed E-state index contributed by atoms with van der Waals surface area (Å²) in [5, 5.41) is 9.11. The number of benzene rings is 1. The minimum Gasteiger partial charge on any atom is -0.508 e. The lowest BCUT2D eigenvalue weighted by molar-refractivity contribution is -0.283. The number of aromatic hydroxyl groups is 1. The summed E-state index contributed by atoms with van der Waals surface area (Å²) < 4.78 is 15.6. The highest BCUT2D eigenvalue weighted by molar-refractivity contribution is 5.30. The van der Waals surface area contributed by atoms with Gasteiger partial charge in [0.25, 0.3) is 0 Å². The van der Waals surface area contributed by atoms with Gasteiger partial charge in [0.15, 0.2) is 0 Å². The van der Waals surface area contributed by atoms with E-state index in [-0.39, 0.29) is 5.75 Å². The molecule has 4 nitrogen and oxygen atoms in total. The third kappa shape index (κ3) is 3.24. The fraction of sp³-hybridized carbons (Fsp3) is 0.167. The predicted molar refractivity (Wildman–Crippen MR) is 59.7 cm³/mol. The molecule has 0 aliphatic heterocycles. The first-order valence-corrected chi connectivity index (χ1v) is 4.65. The van der Waals surface area contributed by atoms with Crippen molar-refractivity contribution in [3.8, 4) is 11.5 Å². The zero-order chi connectivity index (χ0) is 12.0. The number of rotatable bonds is 6. The number of ether oxygens (including phenoxy) is 3. The van der Waals surface area contributed by atoms with Crippen LogP contribution < -0.4 is 4.74 Å². The summed E-state index contributed by atoms with van der Waals surface area (Å²) in [4.78, 5) is 0. The second-order valence-corrected chi connectivity index (χ2v) is 3.03. The molecule has 0 saturated carbocycles. The Kier molecular flexibility index (Phi) is 3.83. The molecule has 0 spiro atoms. The molecule has 16 heavy (non-hydrogen) atoms. The quantitative estimate of drug-likeness (QED) is 0.594. The molecule has 1 aromatic rings. The number of hydrogen-bond acceptors (Lipinski definition) is 4. The standard InChI is InChI=1S/C12H14O4/c1-4-14-12(3,15-5-2)16-11-8-6-10(13)7-9-11/h4-9,13H,1-2H2,3H3. The number of phenols is 1. The summed E-state index contributed by atoms with van der Waals surface area (Å²) in [5.74, 6) is -0.673. The van der Waals surface area contributed by atoms with E-state index in [9.17, 15) is 0 Å². The van der Waals surface area contributed by atoms with Crippen LogP contribution in [-0.2, 0) is 9.47 Å². The Hall–Kier alpha value is -2.10. The average Bonchev–Trinajstić information content (AvgIpc) is 2.22. The molecule has 1 rings (SSSR count). The smallest absolute Gasteiger partial charge is 0.412 e. The SMILES string of the molecule is C=COC(C)(OC=C)Oc1ccc(O)cc1. The maximum atomic E-state index is 9.11. The zero-order valence-corrected chi connectivity index (χ0v) is 9.05. The van der Waals surface area contributed by atoms with E-state index in [1.54, 1.807) is 19.1 Å². The van der Waals surface area contributed by atoms with E-state index in [2.05, 4.69) is 13.2 Å². The molecule has 0 amide bonds. The third-order valence-electron chi connectivity index (χ3n) is 1.73. The van der Waals surface area contributed by atoms with Crippen molar-refractivity contribution in [1.29, 1.82) is 0 Å². The third-order valence-corrected chi connectivity index (χ3v) is 1.73. The Balaban J connectivity index is 2.78. The van der Waals surface area contributed by atoms with Gasteiger partial charge in [0, 0.05) is 0 Å². The molecule has 1 N–H and O–H groups in total. The highest BCUT2D eigenvalue weighted by Gasteiger charge is 2.28. The van der Waals surface area contributed by atoms with Crippen LogP contribution in [0.25, 0.3) is 0 Å². The maximum absolute atomic E-state index is 9.11.